The third-order valence-electron chi connectivity index (χ3n) is 3.82. The van der Waals surface area contributed by atoms with Crippen molar-refractivity contribution in [1.82, 2.24) is 4.90 Å². The number of rotatable bonds is 6. The van der Waals surface area contributed by atoms with Crippen molar-refractivity contribution in [2.45, 2.75) is 6.92 Å². The molecule has 0 atom stereocenters. The quantitative estimate of drug-likeness (QED) is 0.729. The molecule has 0 bridgehead atoms. The average molecular weight is 328 g/mol. The highest BCUT2D eigenvalue weighted by atomic mass is 32.2. The van der Waals surface area contributed by atoms with E-state index in [1.165, 1.54) is 0 Å². The second kappa shape index (κ2) is 7.30. The van der Waals surface area contributed by atoms with E-state index in [-0.39, 0.29) is 0 Å². The van der Waals surface area contributed by atoms with Crippen molar-refractivity contribution in [3.05, 3.63) is 23.8 Å². The maximum Gasteiger partial charge on any atom is 0.306 e. The third-order valence-corrected chi connectivity index (χ3v) is 4.30. The number of hydrogen-bond acceptors (Lipinski definition) is 6. The molecule has 0 saturated carbocycles. The smallest absolute Gasteiger partial charge is 0.306 e. The molecule has 1 saturated heterocycles. The molecule has 1 fully saturated rings. The van der Waals surface area contributed by atoms with E-state index in [0.717, 1.165) is 56.8 Å². The minimum absolute atomic E-state index is 0.404. The zero-order valence-corrected chi connectivity index (χ0v) is 14.2. The monoisotopic (exact) mass is 328 g/mol. The molecule has 6 nitrogen and oxygen atoms in total. The van der Waals surface area contributed by atoms with Gasteiger partial charge in [-0.25, -0.2) is 0 Å². The van der Waals surface area contributed by atoms with Crippen LogP contribution in [-0.2, 0) is 14.9 Å². The van der Waals surface area contributed by atoms with E-state index in [9.17, 15) is 8.42 Å². The summed E-state index contributed by atoms with van der Waals surface area (Å²) < 4.78 is 32.8. The minimum Gasteiger partial charge on any atom is -0.383 e. The van der Waals surface area contributed by atoms with E-state index in [4.69, 9.17) is 8.92 Å². The second-order valence-corrected chi connectivity index (χ2v) is 7.08. The van der Waals surface area contributed by atoms with Crippen LogP contribution < -0.4 is 9.08 Å². The van der Waals surface area contributed by atoms with Crippen molar-refractivity contribution in [2.75, 3.05) is 57.6 Å². The summed E-state index contributed by atoms with van der Waals surface area (Å²) in [4.78, 5) is 4.64. The average Bonchev–Trinajstić information content (AvgIpc) is 2.47. The Labute approximate surface area is 132 Å². The Morgan fingerprint density at radius 1 is 1.18 bits per heavy atom. The number of hydrogen-bond donors (Lipinski definition) is 0. The molecule has 0 unspecified atom stereocenters. The standard InChI is InChI=1S/C15H24N2O4S/c1-13-14(5-4-6-15(13)21-22(3,18)19)17-9-7-16(8-10-17)11-12-20-2/h4-6H,7-12H2,1-3H3. The van der Waals surface area contributed by atoms with Crippen molar-refractivity contribution in [1.29, 1.82) is 0 Å². The SMILES string of the molecule is COCCN1CCN(c2cccc(OS(C)(=O)=O)c2C)CC1. The summed E-state index contributed by atoms with van der Waals surface area (Å²) in [5, 5.41) is 0. The van der Waals surface area contributed by atoms with Crippen LogP contribution in [0.4, 0.5) is 5.69 Å². The number of methoxy groups -OCH3 is 1. The third kappa shape index (κ3) is 4.59. The molecule has 0 N–H and O–H groups in total. The maximum atomic E-state index is 11.3. The van der Waals surface area contributed by atoms with Gasteiger partial charge in [-0.15, -0.1) is 0 Å². The number of benzene rings is 1. The number of piperazine rings is 1. The molecule has 1 aromatic carbocycles. The molecule has 124 valence electrons. The van der Waals surface area contributed by atoms with Crippen LogP contribution in [0.3, 0.4) is 0 Å². The van der Waals surface area contributed by atoms with Gasteiger partial charge < -0.3 is 13.8 Å². The predicted octanol–water partition coefficient (Wildman–Crippen LogP) is 1.10. The van der Waals surface area contributed by atoms with Crippen LogP contribution in [0.25, 0.3) is 0 Å². The molecule has 2 rings (SSSR count). The van der Waals surface area contributed by atoms with Crippen LogP contribution in [0.15, 0.2) is 18.2 Å². The first kappa shape index (κ1) is 17.1. The van der Waals surface area contributed by atoms with E-state index in [0.29, 0.717) is 5.75 Å². The summed E-state index contributed by atoms with van der Waals surface area (Å²) in [6, 6.07) is 5.53. The molecule has 0 radical (unpaired) electrons. The highest BCUT2D eigenvalue weighted by molar-refractivity contribution is 7.86. The van der Waals surface area contributed by atoms with Crippen LogP contribution in [0.2, 0.25) is 0 Å². The van der Waals surface area contributed by atoms with Crippen LogP contribution in [0.1, 0.15) is 5.56 Å². The van der Waals surface area contributed by atoms with E-state index in [2.05, 4.69) is 9.80 Å². The first-order chi connectivity index (χ1) is 10.4. The molecule has 1 heterocycles. The lowest BCUT2D eigenvalue weighted by Crippen LogP contribution is -2.47. The van der Waals surface area contributed by atoms with Gasteiger partial charge in [-0.3, -0.25) is 4.90 Å². The molecule has 0 aromatic heterocycles. The van der Waals surface area contributed by atoms with Gasteiger partial charge in [0.05, 0.1) is 12.9 Å². The Hall–Kier alpha value is -1.31. The highest BCUT2D eigenvalue weighted by Gasteiger charge is 2.20. The van der Waals surface area contributed by atoms with Gasteiger partial charge in [-0.1, -0.05) is 6.07 Å². The minimum atomic E-state index is -3.51. The van der Waals surface area contributed by atoms with Crippen LogP contribution in [0, 0.1) is 6.92 Å². The summed E-state index contributed by atoms with van der Waals surface area (Å²) in [6.45, 7) is 7.35. The summed E-state index contributed by atoms with van der Waals surface area (Å²) in [5.74, 6) is 0.404. The van der Waals surface area contributed by atoms with Crippen LogP contribution in [-0.4, -0.2) is 66.0 Å². The molecule has 1 aliphatic rings. The molecule has 0 aliphatic carbocycles. The zero-order chi connectivity index (χ0) is 16.2. The Balaban J connectivity index is 2.06. The molecule has 7 heteroatoms. The van der Waals surface area contributed by atoms with E-state index in [1.807, 2.05) is 19.1 Å². The van der Waals surface area contributed by atoms with E-state index in [1.54, 1.807) is 13.2 Å². The predicted molar refractivity (Wildman–Crippen MR) is 87.2 cm³/mol. The van der Waals surface area contributed by atoms with Gasteiger partial charge >= 0.3 is 10.1 Å². The number of ether oxygens (including phenoxy) is 1. The fraction of sp³-hybridized carbons (Fsp3) is 0.600. The molecular formula is C15H24N2O4S. The van der Waals surface area contributed by atoms with Gasteiger partial charge in [0.1, 0.15) is 5.75 Å². The number of anilines is 1. The van der Waals surface area contributed by atoms with Crippen LogP contribution >= 0.6 is 0 Å². The zero-order valence-electron chi connectivity index (χ0n) is 13.4. The van der Waals surface area contributed by atoms with Gasteiger partial charge in [0.15, 0.2) is 0 Å². The van der Waals surface area contributed by atoms with Gasteiger partial charge in [-0.2, -0.15) is 8.42 Å². The summed E-state index contributed by atoms with van der Waals surface area (Å²) in [7, 11) is -1.79. The van der Waals surface area contributed by atoms with Crippen molar-refractivity contribution >= 4 is 15.8 Å². The lowest BCUT2D eigenvalue weighted by Gasteiger charge is -2.36. The highest BCUT2D eigenvalue weighted by Crippen LogP contribution is 2.29. The van der Waals surface area contributed by atoms with Crippen molar-refractivity contribution in [2.24, 2.45) is 0 Å². The largest absolute Gasteiger partial charge is 0.383 e. The van der Waals surface area contributed by atoms with Crippen molar-refractivity contribution in [3.63, 3.8) is 0 Å². The topological polar surface area (TPSA) is 59.1 Å². The Morgan fingerprint density at radius 2 is 1.86 bits per heavy atom. The molecule has 1 aromatic rings. The molecular weight excluding hydrogens is 304 g/mol. The number of nitrogens with zero attached hydrogens (tertiary/aromatic N) is 2. The molecule has 22 heavy (non-hydrogen) atoms. The van der Waals surface area contributed by atoms with Gasteiger partial charge in [0, 0.05) is 51.1 Å². The summed E-state index contributed by atoms with van der Waals surface area (Å²) in [5.41, 5.74) is 1.89. The maximum absolute atomic E-state index is 11.3. The molecule has 1 aliphatic heterocycles. The van der Waals surface area contributed by atoms with Gasteiger partial charge in [0.2, 0.25) is 0 Å². The Morgan fingerprint density at radius 3 is 2.45 bits per heavy atom. The summed E-state index contributed by atoms with van der Waals surface area (Å²) in [6.07, 6.45) is 1.06. The summed E-state index contributed by atoms with van der Waals surface area (Å²) >= 11 is 0. The lowest BCUT2D eigenvalue weighted by atomic mass is 10.1. The van der Waals surface area contributed by atoms with Gasteiger partial charge in [-0.05, 0) is 19.1 Å². The molecule has 0 amide bonds. The normalized spacial score (nSPS) is 16.8. The van der Waals surface area contributed by atoms with E-state index < -0.39 is 10.1 Å². The Kier molecular flexibility index (Phi) is 5.66. The first-order valence-corrected chi connectivity index (χ1v) is 9.17. The Bertz CT molecular complexity index is 596. The van der Waals surface area contributed by atoms with E-state index >= 15 is 0 Å². The van der Waals surface area contributed by atoms with Crippen LogP contribution in [0.5, 0.6) is 5.75 Å². The van der Waals surface area contributed by atoms with Gasteiger partial charge in [0.25, 0.3) is 0 Å². The lowest BCUT2D eigenvalue weighted by molar-refractivity contribution is 0.144. The first-order valence-electron chi connectivity index (χ1n) is 7.36. The second-order valence-electron chi connectivity index (χ2n) is 5.51. The fourth-order valence-corrected chi connectivity index (χ4v) is 3.14. The fourth-order valence-electron chi connectivity index (χ4n) is 2.63. The molecule has 0 spiro atoms. The van der Waals surface area contributed by atoms with Crippen molar-refractivity contribution in [3.8, 4) is 5.75 Å². The van der Waals surface area contributed by atoms with Crippen molar-refractivity contribution < 1.29 is 17.3 Å².